The van der Waals surface area contributed by atoms with Crippen LogP contribution in [-0.2, 0) is 65.4 Å². The molecule has 0 aliphatic carbocycles. The molecule has 0 heterocycles. The van der Waals surface area contributed by atoms with Gasteiger partial charge in [0.05, 0.1) is 26.4 Å². The third-order valence-corrected chi connectivity index (χ3v) is 23.6. The molecule has 0 rings (SSSR count). The van der Waals surface area contributed by atoms with Crippen LogP contribution in [-0.4, -0.2) is 96.7 Å². The first kappa shape index (κ1) is 105. The molecule has 107 heavy (non-hydrogen) atoms. The fourth-order valence-corrected chi connectivity index (χ4v) is 15.2. The van der Waals surface area contributed by atoms with Gasteiger partial charge < -0.3 is 33.8 Å². The monoisotopic (exact) mass is 1560 g/mol. The molecule has 0 saturated carbocycles. The number of carbonyl (C=O) groups excluding carboxylic acids is 4. The molecular formula is C88H172O17P2. The molecule has 0 radical (unpaired) electrons. The van der Waals surface area contributed by atoms with Gasteiger partial charge in [-0.1, -0.05) is 409 Å². The summed E-state index contributed by atoms with van der Waals surface area (Å²) in [6, 6.07) is 0. The molecule has 0 bridgehead atoms. The van der Waals surface area contributed by atoms with Crippen LogP contribution < -0.4 is 0 Å². The fourth-order valence-electron chi connectivity index (χ4n) is 13.6. The maximum absolute atomic E-state index is 13.2. The van der Waals surface area contributed by atoms with Crippen molar-refractivity contribution < 1.29 is 80.2 Å². The van der Waals surface area contributed by atoms with Crippen LogP contribution in [0, 0.1) is 23.7 Å². The van der Waals surface area contributed by atoms with E-state index in [1.807, 2.05) is 0 Å². The van der Waals surface area contributed by atoms with Crippen molar-refractivity contribution in [3.63, 3.8) is 0 Å². The lowest BCUT2D eigenvalue weighted by atomic mass is 9.99. The predicted molar refractivity (Wildman–Crippen MR) is 441 cm³/mol. The second kappa shape index (κ2) is 76.7. The van der Waals surface area contributed by atoms with Gasteiger partial charge in [0.1, 0.15) is 19.3 Å². The van der Waals surface area contributed by atoms with Crippen molar-refractivity contribution in [2.45, 2.75) is 478 Å². The number of hydrogen-bond acceptors (Lipinski definition) is 15. The average molecular weight is 1560 g/mol. The maximum atomic E-state index is 13.2. The fraction of sp³-hybridized carbons (Fsp3) is 0.955. The number of rotatable bonds is 85. The molecule has 0 aliphatic heterocycles. The highest BCUT2D eigenvalue weighted by Gasteiger charge is 2.31. The topological polar surface area (TPSA) is 237 Å². The molecule has 8 atom stereocenters. The summed E-state index contributed by atoms with van der Waals surface area (Å²) < 4.78 is 68.9. The van der Waals surface area contributed by atoms with Crippen molar-refractivity contribution in [2.24, 2.45) is 23.7 Å². The van der Waals surface area contributed by atoms with E-state index in [0.29, 0.717) is 31.6 Å². The lowest BCUT2D eigenvalue weighted by Gasteiger charge is -2.21. The number of aliphatic hydroxyl groups excluding tert-OH is 1. The minimum absolute atomic E-state index is 0.105. The Bertz CT molecular complexity index is 2080. The van der Waals surface area contributed by atoms with E-state index in [1.165, 1.54) is 257 Å². The first-order valence-electron chi connectivity index (χ1n) is 45.3. The Hall–Kier alpha value is -1.94. The van der Waals surface area contributed by atoms with Crippen molar-refractivity contribution in [3.8, 4) is 0 Å². The molecule has 0 aliphatic rings. The molecule has 19 heteroatoms. The second-order valence-electron chi connectivity index (χ2n) is 32.8. The highest BCUT2D eigenvalue weighted by Crippen LogP contribution is 2.45. The Morgan fingerprint density at radius 2 is 0.449 bits per heavy atom. The van der Waals surface area contributed by atoms with Crippen LogP contribution in [0.25, 0.3) is 0 Å². The normalized spacial score (nSPS) is 14.7. The molecule has 0 saturated heterocycles. The molecule has 0 fully saturated rings. The Morgan fingerprint density at radius 1 is 0.262 bits per heavy atom. The van der Waals surface area contributed by atoms with Gasteiger partial charge in [0.25, 0.3) is 0 Å². The third-order valence-electron chi connectivity index (χ3n) is 21.7. The zero-order valence-corrected chi connectivity index (χ0v) is 72.6. The Morgan fingerprint density at radius 3 is 0.664 bits per heavy atom. The van der Waals surface area contributed by atoms with Gasteiger partial charge >= 0.3 is 39.5 Å². The van der Waals surface area contributed by atoms with Gasteiger partial charge in [-0.25, -0.2) is 9.13 Å². The summed E-state index contributed by atoms with van der Waals surface area (Å²) in [5.74, 6) is 1.12. The van der Waals surface area contributed by atoms with Crippen LogP contribution in [0.4, 0.5) is 0 Å². The summed E-state index contributed by atoms with van der Waals surface area (Å²) in [6.45, 7) is 14.4. The van der Waals surface area contributed by atoms with Crippen molar-refractivity contribution in [2.75, 3.05) is 39.6 Å². The van der Waals surface area contributed by atoms with Gasteiger partial charge in [-0.15, -0.1) is 0 Å². The Kier molecular flexibility index (Phi) is 75.3. The van der Waals surface area contributed by atoms with Gasteiger partial charge in [0.15, 0.2) is 12.2 Å². The number of phosphoric acid groups is 2. The van der Waals surface area contributed by atoms with Crippen LogP contribution in [0.15, 0.2) is 0 Å². The summed E-state index contributed by atoms with van der Waals surface area (Å²) >= 11 is 0. The predicted octanol–water partition coefficient (Wildman–Crippen LogP) is 26.7. The van der Waals surface area contributed by atoms with Crippen molar-refractivity contribution in [1.82, 2.24) is 0 Å². The molecule has 0 aromatic heterocycles. The van der Waals surface area contributed by atoms with E-state index in [9.17, 15) is 43.2 Å². The molecule has 0 aromatic carbocycles. The minimum Gasteiger partial charge on any atom is -0.462 e. The number of unbranched alkanes of at least 4 members (excludes halogenated alkanes) is 48. The van der Waals surface area contributed by atoms with E-state index in [4.69, 9.17) is 37.0 Å². The Balaban J connectivity index is 5.20. The third kappa shape index (κ3) is 77.8. The van der Waals surface area contributed by atoms with Crippen LogP contribution in [0.5, 0.6) is 0 Å². The molecular weight excluding hydrogens is 1390 g/mol. The van der Waals surface area contributed by atoms with Gasteiger partial charge in [-0.2, -0.15) is 0 Å². The number of carbonyl (C=O) groups is 4. The molecule has 5 unspecified atom stereocenters. The molecule has 0 aromatic rings. The zero-order valence-electron chi connectivity index (χ0n) is 70.8. The quantitative estimate of drug-likeness (QED) is 0.0222. The van der Waals surface area contributed by atoms with Crippen LogP contribution in [0.2, 0.25) is 0 Å². The number of esters is 4. The van der Waals surface area contributed by atoms with Crippen LogP contribution in [0.1, 0.15) is 460 Å². The Labute approximate surface area is 658 Å². The van der Waals surface area contributed by atoms with Gasteiger partial charge in [0, 0.05) is 25.7 Å². The van der Waals surface area contributed by atoms with Crippen LogP contribution >= 0.6 is 15.6 Å². The van der Waals surface area contributed by atoms with E-state index >= 15 is 0 Å². The van der Waals surface area contributed by atoms with Crippen molar-refractivity contribution in [3.05, 3.63) is 0 Å². The summed E-state index contributed by atoms with van der Waals surface area (Å²) in [7, 11) is -9.93. The summed E-state index contributed by atoms with van der Waals surface area (Å²) in [6.07, 6.45) is 66.8. The number of hydrogen-bond donors (Lipinski definition) is 3. The number of phosphoric ester groups is 2. The highest BCUT2D eigenvalue weighted by molar-refractivity contribution is 7.47. The SMILES string of the molecule is CCC(C)CCCCCCCCCCCCCCCCCCCCC(=O)OC[C@H](COP(=O)(O)OC[C@@H](O)COP(=O)(O)OC[C@@H](COC(=O)CCCCCCCCC(C)C)OC(=O)CCCCCCCCCCCCC(C)CC)OC(=O)CCCCCCCCCCCCCCCCCCCCC(C)CC. The van der Waals surface area contributed by atoms with E-state index in [2.05, 4.69) is 55.4 Å². The molecule has 17 nitrogen and oxygen atoms in total. The van der Waals surface area contributed by atoms with Gasteiger partial charge in [-0.3, -0.25) is 37.3 Å². The number of aliphatic hydroxyl groups is 1. The van der Waals surface area contributed by atoms with Crippen molar-refractivity contribution >= 4 is 39.5 Å². The standard InChI is InChI=1S/C88H172O17P2/c1-9-79(6)65-57-49-40-34-28-24-20-16-12-14-18-22-26-30-37-43-52-60-68-85(90)98-74-83(104-87(92)70-62-54-44-38-31-27-23-19-15-13-17-21-25-29-35-41-50-58-66-80(7)10-2)76-102-106(94,95)100-72-82(89)73-101-107(96,97)103-77-84(75-99-86(91)69-61-53-47-46-48-56-64-78(4)5)105-88(93)71-63-55-45-39-33-32-36-42-51-59-67-81(8)11-3/h78-84,89H,9-77H2,1-8H3,(H,94,95)(H,96,97)/t79?,80?,81?,82-,83-,84-/m1/s1. The first-order valence-corrected chi connectivity index (χ1v) is 48.3. The lowest BCUT2D eigenvalue weighted by Crippen LogP contribution is -2.30. The maximum Gasteiger partial charge on any atom is 0.472 e. The first-order chi connectivity index (χ1) is 51.7. The minimum atomic E-state index is -4.97. The van der Waals surface area contributed by atoms with Crippen LogP contribution in [0.3, 0.4) is 0 Å². The van der Waals surface area contributed by atoms with Gasteiger partial charge in [0.2, 0.25) is 0 Å². The van der Waals surface area contributed by atoms with E-state index in [1.54, 1.807) is 0 Å². The summed E-state index contributed by atoms with van der Waals surface area (Å²) in [5, 5.41) is 10.7. The lowest BCUT2D eigenvalue weighted by molar-refractivity contribution is -0.161. The molecule has 0 amide bonds. The molecule has 636 valence electrons. The zero-order chi connectivity index (χ0) is 78.8. The molecule has 0 spiro atoms. The smallest absolute Gasteiger partial charge is 0.462 e. The summed E-state index contributed by atoms with van der Waals surface area (Å²) in [5.41, 5.74) is 0. The van der Waals surface area contributed by atoms with E-state index in [0.717, 1.165) is 114 Å². The van der Waals surface area contributed by atoms with E-state index in [-0.39, 0.29) is 25.7 Å². The van der Waals surface area contributed by atoms with Gasteiger partial charge in [-0.05, 0) is 49.4 Å². The molecule has 3 N–H and O–H groups in total. The summed E-state index contributed by atoms with van der Waals surface area (Å²) in [4.78, 5) is 73.2. The highest BCUT2D eigenvalue weighted by atomic mass is 31.2. The largest absolute Gasteiger partial charge is 0.472 e. The van der Waals surface area contributed by atoms with Crippen molar-refractivity contribution in [1.29, 1.82) is 0 Å². The number of ether oxygens (including phenoxy) is 4. The van der Waals surface area contributed by atoms with E-state index < -0.39 is 97.5 Å². The second-order valence-corrected chi connectivity index (χ2v) is 35.7. The average Bonchev–Trinajstić information content (AvgIpc) is 0.901.